The number of ether oxygens (including phenoxy) is 2. The van der Waals surface area contributed by atoms with E-state index in [0.717, 1.165) is 37.7 Å². The smallest absolute Gasteiger partial charge is 0.223 e. The largest absolute Gasteiger partial charge is 0.493 e. The Morgan fingerprint density at radius 3 is 2.50 bits per heavy atom. The minimum Gasteiger partial charge on any atom is -0.493 e. The van der Waals surface area contributed by atoms with Crippen molar-refractivity contribution in [2.75, 3.05) is 44.9 Å². The lowest BCUT2D eigenvalue weighted by molar-refractivity contribution is -0.117. The summed E-state index contributed by atoms with van der Waals surface area (Å²) < 4.78 is 40.4. The number of aromatic nitrogens is 4. The van der Waals surface area contributed by atoms with Crippen molar-refractivity contribution in [1.29, 1.82) is 0 Å². The number of carbonyl (C=O) groups excluding carboxylic acids is 1. The van der Waals surface area contributed by atoms with Crippen LogP contribution in [-0.2, 0) is 11.2 Å². The van der Waals surface area contributed by atoms with E-state index in [0.29, 0.717) is 47.2 Å². The molecule has 42 heavy (non-hydrogen) atoms. The van der Waals surface area contributed by atoms with E-state index < -0.39 is 17.5 Å². The van der Waals surface area contributed by atoms with Gasteiger partial charge in [-0.05, 0) is 30.5 Å². The fourth-order valence-corrected chi connectivity index (χ4v) is 4.70. The van der Waals surface area contributed by atoms with Gasteiger partial charge in [0.1, 0.15) is 23.8 Å². The van der Waals surface area contributed by atoms with Crippen molar-refractivity contribution < 1.29 is 28.2 Å². The van der Waals surface area contributed by atoms with Gasteiger partial charge >= 0.3 is 0 Å². The Hall–Kier alpha value is -4.36. The summed E-state index contributed by atoms with van der Waals surface area (Å²) >= 11 is 0. The number of anilines is 3. The zero-order chi connectivity index (χ0) is 30.2. The van der Waals surface area contributed by atoms with Gasteiger partial charge in [0, 0.05) is 48.9 Å². The molecule has 0 atom stereocenters. The number of rotatable bonds is 15. The zero-order valence-electron chi connectivity index (χ0n) is 23.8. The quantitative estimate of drug-likeness (QED) is 0.178. The van der Waals surface area contributed by atoms with Gasteiger partial charge in [0.2, 0.25) is 5.91 Å². The lowest BCUT2D eigenvalue weighted by Crippen LogP contribution is -2.32. The van der Waals surface area contributed by atoms with E-state index in [-0.39, 0.29) is 30.4 Å². The van der Waals surface area contributed by atoms with Crippen molar-refractivity contribution >= 4 is 34.1 Å². The minimum absolute atomic E-state index is 0.0954. The molecule has 4 rings (SSSR count). The molecule has 0 aliphatic rings. The number of primary amides is 1. The molecule has 2 aromatic carbocycles. The Kier molecular flexibility index (Phi) is 10.2. The highest BCUT2D eigenvalue weighted by molar-refractivity contribution is 5.96. The van der Waals surface area contributed by atoms with Crippen LogP contribution in [0.3, 0.4) is 0 Å². The van der Waals surface area contributed by atoms with Gasteiger partial charge < -0.3 is 25.2 Å². The Labute approximate surface area is 242 Å². The molecule has 0 radical (unpaired) electrons. The second-order valence-electron chi connectivity index (χ2n) is 10.2. The number of hydrogen-bond donors (Lipinski definition) is 3. The average molecular weight is 584 g/mol. The number of nitrogens with two attached hydrogens (primary N) is 1. The molecule has 0 fully saturated rings. The Balaban J connectivity index is 1.68. The van der Waals surface area contributed by atoms with Crippen LogP contribution in [0.4, 0.5) is 26.1 Å². The SMILES string of the molecule is COc1cc2c(N(c3cc(F)cc(F)c3)c3cc(CC(N)=O)[nH]n3)ncnc2cc1OCCCN(CCO)CC(C)C. The highest BCUT2D eigenvalue weighted by atomic mass is 19.1. The zero-order valence-corrected chi connectivity index (χ0v) is 23.8. The number of aliphatic hydroxyl groups excluding tert-OH is 1. The van der Waals surface area contributed by atoms with Crippen molar-refractivity contribution in [3.8, 4) is 11.5 Å². The van der Waals surface area contributed by atoms with E-state index in [1.54, 1.807) is 18.2 Å². The topological polar surface area (TPSA) is 143 Å². The third-order valence-corrected chi connectivity index (χ3v) is 6.34. The highest BCUT2D eigenvalue weighted by Crippen LogP contribution is 2.40. The van der Waals surface area contributed by atoms with Crippen LogP contribution in [0.15, 0.2) is 42.7 Å². The van der Waals surface area contributed by atoms with Gasteiger partial charge in [-0.15, -0.1) is 0 Å². The summed E-state index contributed by atoms with van der Waals surface area (Å²) in [6.07, 6.45) is 1.95. The van der Waals surface area contributed by atoms with Crippen LogP contribution in [0, 0.1) is 17.6 Å². The van der Waals surface area contributed by atoms with Crippen LogP contribution in [0.2, 0.25) is 0 Å². The normalized spacial score (nSPS) is 11.4. The molecule has 13 heteroatoms. The van der Waals surface area contributed by atoms with E-state index in [2.05, 4.69) is 38.9 Å². The number of nitrogens with one attached hydrogen (secondary N) is 1. The van der Waals surface area contributed by atoms with Gasteiger partial charge in [0.15, 0.2) is 17.3 Å². The molecule has 0 aliphatic heterocycles. The molecule has 11 nitrogen and oxygen atoms in total. The minimum atomic E-state index is -0.791. The molecule has 2 heterocycles. The summed E-state index contributed by atoms with van der Waals surface area (Å²) in [5.41, 5.74) is 6.34. The first-order valence-corrected chi connectivity index (χ1v) is 13.6. The van der Waals surface area contributed by atoms with Crippen molar-refractivity contribution in [3.63, 3.8) is 0 Å². The number of carbonyl (C=O) groups is 1. The number of nitrogens with zero attached hydrogens (tertiary/aromatic N) is 5. The number of aliphatic hydroxyl groups is 1. The van der Waals surface area contributed by atoms with Crippen molar-refractivity contribution in [2.45, 2.75) is 26.7 Å². The number of fused-ring (bicyclic) bond motifs is 1. The van der Waals surface area contributed by atoms with Crippen molar-refractivity contribution in [2.24, 2.45) is 11.7 Å². The van der Waals surface area contributed by atoms with Crippen LogP contribution in [0.5, 0.6) is 11.5 Å². The third-order valence-electron chi connectivity index (χ3n) is 6.34. The molecule has 4 aromatic rings. The number of hydrogen-bond acceptors (Lipinski definition) is 9. The Morgan fingerprint density at radius 1 is 1.07 bits per heavy atom. The molecule has 0 saturated heterocycles. The summed E-state index contributed by atoms with van der Waals surface area (Å²) in [5.74, 6) is -0.301. The number of H-pyrrole nitrogens is 1. The molecule has 0 bridgehead atoms. The second-order valence-corrected chi connectivity index (χ2v) is 10.2. The molecule has 1 amide bonds. The fraction of sp³-hybridized carbons (Fsp3) is 0.379. The average Bonchev–Trinajstić information content (AvgIpc) is 3.37. The van der Waals surface area contributed by atoms with Gasteiger partial charge in [-0.2, -0.15) is 5.10 Å². The predicted octanol–water partition coefficient (Wildman–Crippen LogP) is 3.86. The van der Waals surface area contributed by atoms with E-state index in [9.17, 15) is 18.7 Å². The maximum atomic E-state index is 14.3. The van der Waals surface area contributed by atoms with Gasteiger partial charge in [0.25, 0.3) is 0 Å². The summed E-state index contributed by atoms with van der Waals surface area (Å²) in [6, 6.07) is 8.01. The maximum absolute atomic E-state index is 14.3. The predicted molar refractivity (Wildman–Crippen MR) is 154 cm³/mol. The lowest BCUT2D eigenvalue weighted by Gasteiger charge is -2.24. The number of halogens is 2. The number of amides is 1. The third kappa shape index (κ3) is 7.68. The van der Waals surface area contributed by atoms with Crippen LogP contribution in [-0.4, -0.2) is 76.0 Å². The summed E-state index contributed by atoms with van der Waals surface area (Å²) in [7, 11) is 1.51. The first-order valence-electron chi connectivity index (χ1n) is 13.6. The Morgan fingerprint density at radius 2 is 1.83 bits per heavy atom. The molecule has 0 aliphatic carbocycles. The molecule has 0 spiro atoms. The highest BCUT2D eigenvalue weighted by Gasteiger charge is 2.23. The Bertz CT molecular complexity index is 1490. The second kappa shape index (κ2) is 14.0. The first-order chi connectivity index (χ1) is 20.2. The van der Waals surface area contributed by atoms with Gasteiger partial charge in [-0.1, -0.05) is 13.8 Å². The van der Waals surface area contributed by atoms with E-state index in [4.69, 9.17) is 15.2 Å². The van der Waals surface area contributed by atoms with Crippen molar-refractivity contribution in [1.82, 2.24) is 25.1 Å². The monoisotopic (exact) mass is 583 g/mol. The van der Waals surface area contributed by atoms with Gasteiger partial charge in [-0.3, -0.25) is 14.8 Å². The molecule has 224 valence electrons. The van der Waals surface area contributed by atoms with Crippen LogP contribution >= 0.6 is 0 Å². The van der Waals surface area contributed by atoms with E-state index >= 15 is 0 Å². The molecule has 4 N–H and O–H groups in total. The first kappa shape index (κ1) is 30.6. The summed E-state index contributed by atoms with van der Waals surface area (Å²) in [4.78, 5) is 23.9. The van der Waals surface area contributed by atoms with Crippen LogP contribution in [0.1, 0.15) is 26.0 Å². The summed E-state index contributed by atoms with van der Waals surface area (Å²) in [5, 5.41) is 16.8. The van der Waals surface area contributed by atoms with Crippen LogP contribution in [0.25, 0.3) is 10.9 Å². The molecule has 0 unspecified atom stereocenters. The molecule has 2 aromatic heterocycles. The molecular weight excluding hydrogens is 548 g/mol. The maximum Gasteiger partial charge on any atom is 0.223 e. The summed E-state index contributed by atoms with van der Waals surface area (Å²) in [6.45, 7) is 7.02. The van der Waals surface area contributed by atoms with Crippen molar-refractivity contribution in [3.05, 3.63) is 60.1 Å². The van der Waals surface area contributed by atoms with Gasteiger partial charge in [0.05, 0.1) is 37.9 Å². The van der Waals surface area contributed by atoms with E-state index in [1.165, 1.54) is 18.3 Å². The fourth-order valence-electron chi connectivity index (χ4n) is 4.70. The number of benzene rings is 2. The molecular formula is C29H35F2N7O4. The van der Waals surface area contributed by atoms with E-state index in [1.807, 2.05) is 0 Å². The molecule has 0 saturated carbocycles. The van der Waals surface area contributed by atoms with Gasteiger partial charge in [-0.25, -0.2) is 18.7 Å². The number of aromatic amines is 1. The lowest BCUT2D eigenvalue weighted by atomic mass is 10.1. The number of methoxy groups -OCH3 is 1. The van der Waals surface area contributed by atoms with Crippen LogP contribution < -0.4 is 20.1 Å². The standard InChI is InChI=1S/C29H35F2N7O4/c1-18(2)16-37(6-7-39)5-4-8-42-26-15-24-23(14-25(26)41-3)29(34-17-33-24)38(22-10-19(30)9-20(31)11-22)28-13-21(35-36-28)12-27(32)40/h9-11,13-15,17-18,39H,4-8,12,16H2,1-3H3,(H2,32,40)(H,35,36).